The van der Waals surface area contributed by atoms with Gasteiger partial charge in [0.25, 0.3) is 5.91 Å². The van der Waals surface area contributed by atoms with Crippen molar-refractivity contribution in [2.24, 2.45) is 0 Å². The van der Waals surface area contributed by atoms with Crippen LogP contribution in [0.25, 0.3) is 0 Å². The lowest BCUT2D eigenvalue weighted by atomic mass is 10.0. The van der Waals surface area contributed by atoms with E-state index in [0.717, 1.165) is 0 Å². The molecule has 9 heteroatoms. The molecule has 0 fully saturated rings. The Kier molecular flexibility index (Phi) is 6.98. The second-order valence-electron chi connectivity index (χ2n) is 7.51. The molecule has 34 heavy (non-hydrogen) atoms. The molecular formula is C25H22ClN3O5. The van der Waals surface area contributed by atoms with Crippen LogP contribution in [-0.4, -0.2) is 37.5 Å². The molecule has 1 heterocycles. The number of methoxy groups -OCH3 is 1. The third-order valence-electron chi connectivity index (χ3n) is 5.23. The first kappa shape index (κ1) is 23.1. The van der Waals surface area contributed by atoms with Gasteiger partial charge in [0.05, 0.1) is 24.9 Å². The summed E-state index contributed by atoms with van der Waals surface area (Å²) in [4.78, 5) is 40.2. The number of carbonyl (C=O) groups excluding carboxylic acids is 3. The monoisotopic (exact) mass is 479 g/mol. The molecule has 0 unspecified atom stereocenters. The van der Waals surface area contributed by atoms with Gasteiger partial charge in [-0.25, -0.2) is 0 Å². The third kappa shape index (κ3) is 5.29. The second kappa shape index (κ2) is 10.3. The van der Waals surface area contributed by atoms with E-state index in [9.17, 15) is 14.4 Å². The molecule has 0 spiro atoms. The predicted molar refractivity (Wildman–Crippen MR) is 130 cm³/mol. The number of hydrogen-bond acceptors (Lipinski definition) is 5. The van der Waals surface area contributed by atoms with Crippen molar-refractivity contribution in [3.05, 3.63) is 77.8 Å². The normalized spacial score (nSPS) is 14.6. The van der Waals surface area contributed by atoms with E-state index in [1.54, 1.807) is 79.9 Å². The van der Waals surface area contributed by atoms with Crippen LogP contribution >= 0.6 is 11.6 Å². The average Bonchev–Trinajstić information content (AvgIpc) is 2.84. The zero-order chi connectivity index (χ0) is 24.1. The van der Waals surface area contributed by atoms with E-state index in [1.807, 2.05) is 0 Å². The molecule has 0 aromatic heterocycles. The summed E-state index contributed by atoms with van der Waals surface area (Å²) >= 11 is 5.89. The molecule has 1 aliphatic heterocycles. The molecule has 0 saturated heterocycles. The number of amides is 3. The number of halogens is 1. The minimum Gasteiger partial charge on any atom is -0.497 e. The summed E-state index contributed by atoms with van der Waals surface area (Å²) in [6.45, 7) is -0.316. The summed E-state index contributed by atoms with van der Waals surface area (Å²) < 4.78 is 10.8. The molecule has 0 saturated carbocycles. The maximum absolute atomic E-state index is 13.2. The second-order valence-corrected chi connectivity index (χ2v) is 7.95. The van der Waals surface area contributed by atoms with Crippen LogP contribution in [0.5, 0.6) is 11.5 Å². The molecule has 8 nitrogen and oxygen atoms in total. The van der Waals surface area contributed by atoms with E-state index < -0.39 is 23.8 Å². The Hall–Kier alpha value is -4.04. The van der Waals surface area contributed by atoms with Crippen molar-refractivity contribution >= 4 is 46.4 Å². The van der Waals surface area contributed by atoms with Crippen molar-refractivity contribution in [2.45, 2.75) is 12.5 Å². The summed E-state index contributed by atoms with van der Waals surface area (Å²) in [7, 11) is 1.56. The molecule has 2 N–H and O–H groups in total. The van der Waals surface area contributed by atoms with Gasteiger partial charge in [-0.2, -0.15) is 0 Å². The number of fused-ring (bicyclic) bond motifs is 1. The number of hydrogen-bond donors (Lipinski definition) is 2. The van der Waals surface area contributed by atoms with Crippen LogP contribution in [0.15, 0.2) is 72.8 Å². The van der Waals surface area contributed by atoms with Gasteiger partial charge in [0.15, 0.2) is 6.61 Å². The maximum atomic E-state index is 13.2. The standard InChI is InChI=1S/C25H22ClN3O5/c1-33-18-10-12-19(13-11-18)34-15-24(31)29-21-5-3-2-4-20(21)28-25(32)22(29)14-23(30)27-17-8-6-16(26)7-9-17/h2-13,22H,14-15H2,1H3,(H,27,30)(H,28,32)/t22-/m1/s1. The van der Waals surface area contributed by atoms with Gasteiger partial charge in [0.2, 0.25) is 11.8 Å². The van der Waals surface area contributed by atoms with Crippen LogP contribution < -0.4 is 25.0 Å². The molecule has 3 aromatic rings. The van der Waals surface area contributed by atoms with Crippen molar-refractivity contribution in [3.8, 4) is 11.5 Å². The Labute approximate surface area is 201 Å². The number of nitrogens with one attached hydrogen (secondary N) is 2. The molecule has 1 atom stereocenters. The lowest BCUT2D eigenvalue weighted by Crippen LogP contribution is -2.53. The summed E-state index contributed by atoms with van der Waals surface area (Å²) in [6.07, 6.45) is -0.239. The molecule has 0 aliphatic carbocycles. The first-order chi connectivity index (χ1) is 16.4. The molecule has 1 aliphatic rings. The summed E-state index contributed by atoms with van der Waals surface area (Å²) in [6, 6.07) is 19.3. The van der Waals surface area contributed by atoms with E-state index >= 15 is 0 Å². The first-order valence-corrected chi connectivity index (χ1v) is 10.9. The number of benzene rings is 3. The van der Waals surface area contributed by atoms with Crippen molar-refractivity contribution < 1.29 is 23.9 Å². The molecule has 3 amide bonds. The van der Waals surface area contributed by atoms with Gasteiger partial charge in [-0.1, -0.05) is 23.7 Å². The van der Waals surface area contributed by atoms with Gasteiger partial charge in [0, 0.05) is 10.7 Å². The SMILES string of the molecule is COc1ccc(OCC(=O)N2c3ccccc3NC(=O)[C@H]2CC(=O)Nc2ccc(Cl)cc2)cc1. The number of anilines is 3. The average molecular weight is 480 g/mol. The molecular weight excluding hydrogens is 458 g/mol. The predicted octanol–water partition coefficient (Wildman–Crippen LogP) is 4.11. The van der Waals surface area contributed by atoms with Crippen molar-refractivity contribution in [2.75, 3.05) is 29.3 Å². The van der Waals surface area contributed by atoms with Gasteiger partial charge < -0.3 is 20.1 Å². The Morgan fingerprint density at radius 1 is 1.00 bits per heavy atom. The van der Waals surface area contributed by atoms with Crippen LogP contribution in [0, 0.1) is 0 Å². The minimum absolute atomic E-state index is 0.239. The zero-order valence-electron chi connectivity index (χ0n) is 18.3. The Morgan fingerprint density at radius 3 is 2.38 bits per heavy atom. The smallest absolute Gasteiger partial charge is 0.265 e. The van der Waals surface area contributed by atoms with Gasteiger partial charge in [0.1, 0.15) is 17.5 Å². The summed E-state index contributed by atoms with van der Waals surface area (Å²) in [5.41, 5.74) is 1.51. The highest BCUT2D eigenvalue weighted by molar-refractivity contribution is 6.30. The Morgan fingerprint density at radius 2 is 1.68 bits per heavy atom. The molecule has 4 rings (SSSR count). The number of para-hydroxylation sites is 2. The van der Waals surface area contributed by atoms with Gasteiger partial charge in [-0.15, -0.1) is 0 Å². The van der Waals surface area contributed by atoms with Gasteiger partial charge in [-0.05, 0) is 60.7 Å². The van der Waals surface area contributed by atoms with Crippen molar-refractivity contribution in [3.63, 3.8) is 0 Å². The fraction of sp³-hybridized carbons (Fsp3) is 0.160. The van der Waals surface area contributed by atoms with Crippen molar-refractivity contribution in [1.82, 2.24) is 0 Å². The van der Waals surface area contributed by atoms with Crippen LogP contribution in [0.4, 0.5) is 17.1 Å². The highest BCUT2D eigenvalue weighted by atomic mass is 35.5. The van der Waals surface area contributed by atoms with Crippen LogP contribution in [0.1, 0.15) is 6.42 Å². The fourth-order valence-electron chi connectivity index (χ4n) is 3.59. The van der Waals surface area contributed by atoms with E-state index in [1.165, 1.54) is 4.90 Å². The zero-order valence-corrected chi connectivity index (χ0v) is 19.0. The van der Waals surface area contributed by atoms with E-state index in [4.69, 9.17) is 21.1 Å². The van der Waals surface area contributed by atoms with E-state index in [-0.39, 0.29) is 13.0 Å². The largest absolute Gasteiger partial charge is 0.497 e. The first-order valence-electron chi connectivity index (χ1n) is 10.5. The van der Waals surface area contributed by atoms with Crippen LogP contribution in [0.2, 0.25) is 5.02 Å². The Balaban J connectivity index is 1.52. The van der Waals surface area contributed by atoms with E-state index in [0.29, 0.717) is 33.6 Å². The highest BCUT2D eigenvalue weighted by Crippen LogP contribution is 2.33. The van der Waals surface area contributed by atoms with Gasteiger partial charge >= 0.3 is 0 Å². The molecule has 0 radical (unpaired) electrons. The maximum Gasteiger partial charge on any atom is 0.265 e. The van der Waals surface area contributed by atoms with Crippen molar-refractivity contribution in [1.29, 1.82) is 0 Å². The lowest BCUT2D eigenvalue weighted by Gasteiger charge is -2.36. The van der Waals surface area contributed by atoms with Crippen LogP contribution in [-0.2, 0) is 14.4 Å². The minimum atomic E-state index is -1.05. The number of ether oxygens (including phenoxy) is 2. The van der Waals surface area contributed by atoms with Gasteiger partial charge in [-0.3, -0.25) is 19.3 Å². The number of nitrogens with zero attached hydrogens (tertiary/aromatic N) is 1. The molecule has 174 valence electrons. The summed E-state index contributed by atoms with van der Waals surface area (Å²) in [5, 5.41) is 6.04. The Bertz CT molecular complexity index is 1200. The third-order valence-corrected chi connectivity index (χ3v) is 5.48. The molecule has 0 bridgehead atoms. The number of rotatable bonds is 7. The van der Waals surface area contributed by atoms with Crippen LogP contribution in [0.3, 0.4) is 0 Å². The summed E-state index contributed by atoms with van der Waals surface area (Å²) in [5.74, 6) is -0.200. The quantitative estimate of drug-likeness (QED) is 0.531. The number of carbonyl (C=O) groups is 3. The highest BCUT2D eigenvalue weighted by Gasteiger charge is 2.38. The fourth-order valence-corrected chi connectivity index (χ4v) is 3.72. The topological polar surface area (TPSA) is 97.0 Å². The molecule has 3 aromatic carbocycles. The lowest BCUT2D eigenvalue weighted by molar-refractivity contribution is -0.127. The van der Waals surface area contributed by atoms with E-state index in [2.05, 4.69) is 10.6 Å².